The van der Waals surface area contributed by atoms with Gasteiger partial charge in [-0.1, -0.05) is 23.7 Å². The Kier molecular flexibility index (Phi) is 4.52. The Morgan fingerprint density at radius 1 is 1.15 bits per heavy atom. The molecule has 0 fully saturated rings. The first kappa shape index (κ1) is 18.5. The molecule has 0 radical (unpaired) electrons. The summed E-state index contributed by atoms with van der Waals surface area (Å²) in [4.78, 5) is 0. The van der Waals surface area contributed by atoms with Gasteiger partial charge in [-0.15, -0.1) is 0 Å². The van der Waals surface area contributed by atoms with Gasteiger partial charge in [0.05, 0.1) is 15.8 Å². The number of para-hydroxylation sites is 1. The predicted molar refractivity (Wildman–Crippen MR) is 114 cm³/mol. The number of hydrogen-bond acceptors (Lipinski definition) is 2. The Morgan fingerprint density at radius 3 is 2.63 bits per heavy atom. The fraction of sp³-hybridized carbons (Fsp3) is 0.318. The highest BCUT2D eigenvalue weighted by Crippen LogP contribution is 2.38. The number of furan rings is 2. The Labute approximate surface area is 167 Å². The lowest BCUT2D eigenvalue weighted by Gasteiger charge is -2.18. The van der Waals surface area contributed by atoms with E-state index in [1.807, 2.05) is 18.2 Å². The van der Waals surface area contributed by atoms with E-state index in [-0.39, 0.29) is 16.3 Å². The van der Waals surface area contributed by atoms with Crippen molar-refractivity contribution in [2.45, 2.75) is 37.8 Å². The second-order valence-electron chi connectivity index (χ2n) is 7.97. The van der Waals surface area contributed by atoms with Gasteiger partial charge >= 0.3 is 0 Å². The summed E-state index contributed by atoms with van der Waals surface area (Å²) in [6, 6.07) is 10.0. The molecule has 27 heavy (non-hydrogen) atoms. The number of halogens is 1. The van der Waals surface area contributed by atoms with E-state index in [1.54, 1.807) is 0 Å². The van der Waals surface area contributed by atoms with E-state index in [0.717, 1.165) is 33.9 Å². The zero-order valence-electron chi connectivity index (χ0n) is 16.3. The second kappa shape index (κ2) is 6.61. The molecule has 0 aliphatic carbocycles. The molecule has 0 spiro atoms. The zero-order chi connectivity index (χ0) is 19.3. The summed E-state index contributed by atoms with van der Waals surface area (Å²) in [7, 11) is -0.254. The van der Waals surface area contributed by atoms with Crippen LogP contribution in [-0.4, -0.2) is 12.5 Å². The van der Waals surface area contributed by atoms with Crippen molar-refractivity contribution in [3.8, 4) is 0 Å². The maximum absolute atomic E-state index is 6.28. The third-order valence-electron chi connectivity index (χ3n) is 5.06. The topological polar surface area (TPSA) is 30.2 Å². The molecule has 0 aliphatic heterocycles. The SMILES string of the molecule is Cc1c([SH](C)C)oc2cc[n+](CC(C)(C)c3cc4cccc(Cl)c4o3)cc12. The zero-order valence-corrected chi connectivity index (χ0v) is 18.0. The van der Waals surface area contributed by atoms with E-state index in [1.165, 1.54) is 10.9 Å². The van der Waals surface area contributed by atoms with Crippen molar-refractivity contribution in [3.63, 3.8) is 0 Å². The molecule has 0 saturated heterocycles. The van der Waals surface area contributed by atoms with Gasteiger partial charge in [-0.25, -0.2) is 15.5 Å². The number of rotatable bonds is 4. The number of nitrogens with zero attached hydrogens (tertiary/aromatic N) is 1. The van der Waals surface area contributed by atoms with Crippen LogP contribution in [0.4, 0.5) is 0 Å². The first-order chi connectivity index (χ1) is 12.8. The standard InChI is InChI=1S/C22H25ClNO2S/c1-14-16-12-24(10-9-18(16)25-21(14)27(4)5)13-22(2,3)19-11-15-7-6-8-17(23)20(15)26-19/h6-12,27H,13H2,1-5H3/q+1. The fourth-order valence-corrected chi connectivity index (χ4v) is 4.91. The number of benzene rings is 1. The van der Waals surface area contributed by atoms with Crippen molar-refractivity contribution < 1.29 is 13.4 Å². The minimum Gasteiger partial charge on any atom is -0.459 e. The highest BCUT2D eigenvalue weighted by Gasteiger charge is 2.30. The molecule has 4 aromatic rings. The van der Waals surface area contributed by atoms with E-state index < -0.39 is 0 Å². The van der Waals surface area contributed by atoms with Crippen LogP contribution in [0, 0.1) is 6.92 Å². The summed E-state index contributed by atoms with van der Waals surface area (Å²) >= 11 is 6.28. The van der Waals surface area contributed by atoms with Crippen LogP contribution in [0.25, 0.3) is 21.9 Å². The smallest absolute Gasteiger partial charge is 0.180 e. The number of aromatic nitrogens is 1. The van der Waals surface area contributed by atoms with Crippen LogP contribution in [0.5, 0.6) is 0 Å². The summed E-state index contributed by atoms with van der Waals surface area (Å²) in [6.07, 6.45) is 8.72. The van der Waals surface area contributed by atoms with Crippen molar-refractivity contribution in [2.75, 3.05) is 12.5 Å². The molecule has 0 amide bonds. The van der Waals surface area contributed by atoms with Crippen LogP contribution in [0.1, 0.15) is 25.2 Å². The van der Waals surface area contributed by atoms with E-state index in [4.69, 9.17) is 20.4 Å². The average Bonchev–Trinajstić information content (AvgIpc) is 3.18. The van der Waals surface area contributed by atoms with Crippen LogP contribution < -0.4 is 4.57 Å². The molecule has 3 aromatic heterocycles. The maximum atomic E-state index is 6.28. The first-order valence-electron chi connectivity index (χ1n) is 9.04. The van der Waals surface area contributed by atoms with Crippen molar-refractivity contribution in [1.82, 2.24) is 0 Å². The Hall–Kier alpha value is -1.91. The Morgan fingerprint density at radius 2 is 1.93 bits per heavy atom. The van der Waals surface area contributed by atoms with E-state index >= 15 is 0 Å². The molecule has 0 N–H and O–H groups in total. The highest BCUT2D eigenvalue weighted by atomic mass is 35.5. The van der Waals surface area contributed by atoms with Gasteiger partial charge in [0.1, 0.15) is 16.4 Å². The molecule has 5 heteroatoms. The number of fused-ring (bicyclic) bond motifs is 2. The summed E-state index contributed by atoms with van der Waals surface area (Å²) in [5.41, 5.74) is 2.80. The van der Waals surface area contributed by atoms with Gasteiger partial charge in [0.2, 0.25) is 0 Å². The molecule has 0 saturated carbocycles. The predicted octanol–water partition coefficient (Wildman–Crippen LogP) is 6.03. The van der Waals surface area contributed by atoms with E-state index in [9.17, 15) is 0 Å². The number of thiol groups is 1. The Bertz CT molecular complexity index is 1140. The summed E-state index contributed by atoms with van der Waals surface area (Å²) in [6.45, 7) is 7.34. The molecule has 0 atom stereocenters. The van der Waals surface area contributed by atoms with Crippen LogP contribution in [0.15, 0.2) is 56.7 Å². The van der Waals surface area contributed by atoms with Crippen LogP contribution in [-0.2, 0) is 12.0 Å². The van der Waals surface area contributed by atoms with Gasteiger partial charge in [0.15, 0.2) is 24.5 Å². The van der Waals surface area contributed by atoms with Crippen molar-refractivity contribution >= 4 is 44.4 Å². The molecule has 0 aliphatic rings. The monoisotopic (exact) mass is 402 g/mol. The minimum absolute atomic E-state index is 0.177. The second-order valence-corrected chi connectivity index (χ2v) is 10.6. The van der Waals surface area contributed by atoms with Crippen molar-refractivity contribution in [1.29, 1.82) is 0 Å². The summed E-state index contributed by atoms with van der Waals surface area (Å²) in [5, 5.41) is 4.01. The van der Waals surface area contributed by atoms with Crippen LogP contribution in [0.2, 0.25) is 5.02 Å². The third kappa shape index (κ3) is 3.26. The molecule has 0 bridgehead atoms. The van der Waals surface area contributed by atoms with Gasteiger partial charge in [-0.05, 0) is 45.4 Å². The first-order valence-corrected chi connectivity index (χ1v) is 11.7. The highest BCUT2D eigenvalue weighted by molar-refractivity contribution is 8.15. The number of aryl methyl sites for hydroxylation is 1. The Balaban J connectivity index is 1.71. The molecule has 142 valence electrons. The third-order valence-corrected chi connectivity index (χ3v) is 6.59. The molecule has 3 heterocycles. The number of hydrogen-bond donors (Lipinski definition) is 1. The fourth-order valence-electron chi connectivity index (χ4n) is 3.61. The summed E-state index contributed by atoms with van der Waals surface area (Å²) < 4.78 is 14.4. The quantitative estimate of drug-likeness (QED) is 0.334. The normalized spacial score (nSPS) is 12.9. The van der Waals surface area contributed by atoms with Crippen LogP contribution in [0.3, 0.4) is 0 Å². The molecule has 4 rings (SSSR count). The lowest BCUT2D eigenvalue weighted by Crippen LogP contribution is -2.42. The van der Waals surface area contributed by atoms with E-state index in [0.29, 0.717) is 5.02 Å². The molecule has 3 nitrogen and oxygen atoms in total. The summed E-state index contributed by atoms with van der Waals surface area (Å²) in [5.74, 6) is 0.938. The van der Waals surface area contributed by atoms with Crippen molar-refractivity contribution in [3.05, 3.63) is 59.1 Å². The van der Waals surface area contributed by atoms with Gasteiger partial charge in [0, 0.05) is 17.0 Å². The van der Waals surface area contributed by atoms with Gasteiger partial charge in [-0.3, -0.25) is 0 Å². The number of pyridine rings is 1. The van der Waals surface area contributed by atoms with Gasteiger partial charge in [0.25, 0.3) is 0 Å². The van der Waals surface area contributed by atoms with E-state index in [2.05, 4.69) is 62.4 Å². The molecule has 1 aromatic carbocycles. The molecular weight excluding hydrogens is 378 g/mol. The lowest BCUT2D eigenvalue weighted by atomic mass is 9.90. The van der Waals surface area contributed by atoms with Crippen molar-refractivity contribution in [2.24, 2.45) is 0 Å². The molecule has 0 unspecified atom stereocenters. The maximum Gasteiger partial charge on any atom is 0.180 e. The van der Waals surface area contributed by atoms with Gasteiger partial charge < -0.3 is 8.83 Å². The van der Waals surface area contributed by atoms with Gasteiger partial charge in [-0.2, -0.15) is 0 Å². The average molecular weight is 403 g/mol. The molecular formula is C22H25ClNO2S+. The van der Waals surface area contributed by atoms with Crippen LogP contribution >= 0.6 is 22.5 Å². The largest absolute Gasteiger partial charge is 0.459 e. The lowest BCUT2D eigenvalue weighted by molar-refractivity contribution is -0.703. The minimum atomic E-state index is -0.254.